The summed E-state index contributed by atoms with van der Waals surface area (Å²) in [5, 5.41) is 12.0. The zero-order chi connectivity index (χ0) is 16.7. The zero-order valence-electron chi connectivity index (χ0n) is 14.1. The van der Waals surface area contributed by atoms with Crippen LogP contribution in [0.3, 0.4) is 0 Å². The maximum atomic E-state index is 12.9. The number of rotatable bonds is 3. The molecule has 2 aliphatic rings. The topological polar surface area (TPSA) is 63.1 Å². The van der Waals surface area contributed by atoms with Gasteiger partial charge in [0.2, 0.25) is 0 Å². The second kappa shape index (κ2) is 6.02. The van der Waals surface area contributed by atoms with Crippen molar-refractivity contribution in [2.45, 2.75) is 50.7 Å². The van der Waals surface area contributed by atoms with Crippen LogP contribution in [0.25, 0.3) is 5.69 Å². The number of amides is 1. The Morgan fingerprint density at radius 1 is 1.21 bits per heavy atom. The summed E-state index contributed by atoms with van der Waals surface area (Å²) in [6.45, 7) is 1.90. The Bertz CT molecular complexity index is 729. The lowest BCUT2D eigenvalue weighted by Crippen LogP contribution is -2.48. The summed E-state index contributed by atoms with van der Waals surface area (Å²) >= 11 is 0. The molecule has 0 aliphatic carbocycles. The molecule has 2 unspecified atom stereocenters. The smallest absolute Gasteiger partial charge is 0.276 e. The van der Waals surface area contributed by atoms with Gasteiger partial charge in [0.25, 0.3) is 5.91 Å². The molecule has 1 aromatic heterocycles. The molecular formula is C18H23N5O. The van der Waals surface area contributed by atoms with Gasteiger partial charge < -0.3 is 10.2 Å². The first kappa shape index (κ1) is 15.3. The molecule has 2 atom stereocenters. The lowest BCUT2D eigenvalue weighted by atomic mass is 9.98. The molecule has 1 N–H and O–H groups in total. The minimum Gasteiger partial charge on any atom is -0.337 e. The molecule has 2 saturated heterocycles. The van der Waals surface area contributed by atoms with Crippen LogP contribution < -0.4 is 5.32 Å². The molecule has 6 heteroatoms. The molecule has 0 radical (unpaired) electrons. The highest BCUT2D eigenvalue weighted by Crippen LogP contribution is 2.30. The quantitative estimate of drug-likeness (QED) is 0.937. The number of nitrogens with one attached hydrogen (secondary N) is 1. The minimum absolute atomic E-state index is 0.0269. The van der Waals surface area contributed by atoms with Crippen LogP contribution in [0.15, 0.2) is 30.3 Å². The molecule has 0 saturated carbocycles. The summed E-state index contributed by atoms with van der Waals surface area (Å²) in [5.74, 6) is -0.0269. The Labute approximate surface area is 141 Å². The van der Waals surface area contributed by atoms with Crippen LogP contribution in [0.2, 0.25) is 0 Å². The summed E-state index contributed by atoms with van der Waals surface area (Å²) in [7, 11) is 1.90. The number of piperidine rings is 1. The van der Waals surface area contributed by atoms with Crippen LogP contribution in [-0.4, -0.2) is 51.0 Å². The van der Waals surface area contributed by atoms with Gasteiger partial charge in [-0.25, -0.2) is 4.68 Å². The largest absolute Gasteiger partial charge is 0.337 e. The van der Waals surface area contributed by atoms with Gasteiger partial charge in [-0.1, -0.05) is 23.4 Å². The van der Waals surface area contributed by atoms with E-state index in [0.29, 0.717) is 17.8 Å². The van der Waals surface area contributed by atoms with Crippen LogP contribution in [-0.2, 0) is 0 Å². The second-order valence-corrected chi connectivity index (χ2v) is 6.95. The molecule has 2 fully saturated rings. The summed E-state index contributed by atoms with van der Waals surface area (Å²) < 4.78 is 1.73. The molecule has 126 valence electrons. The molecule has 1 aromatic carbocycles. The zero-order valence-corrected chi connectivity index (χ0v) is 14.1. The Morgan fingerprint density at radius 2 is 1.88 bits per heavy atom. The molecule has 4 rings (SSSR count). The normalized spacial score (nSPS) is 25.7. The lowest BCUT2D eigenvalue weighted by Gasteiger charge is -2.35. The van der Waals surface area contributed by atoms with Gasteiger partial charge in [-0.2, -0.15) is 0 Å². The van der Waals surface area contributed by atoms with Crippen LogP contribution in [0.5, 0.6) is 0 Å². The monoisotopic (exact) mass is 325 g/mol. The van der Waals surface area contributed by atoms with E-state index >= 15 is 0 Å². The van der Waals surface area contributed by atoms with Crippen molar-refractivity contribution in [1.29, 1.82) is 0 Å². The molecule has 24 heavy (non-hydrogen) atoms. The molecule has 3 heterocycles. The number of para-hydroxylation sites is 1. The predicted molar refractivity (Wildman–Crippen MR) is 91.2 cm³/mol. The number of nitrogens with zero attached hydrogens (tertiary/aromatic N) is 4. The molecular weight excluding hydrogens is 302 g/mol. The van der Waals surface area contributed by atoms with E-state index in [1.165, 1.54) is 12.8 Å². The first-order valence-electron chi connectivity index (χ1n) is 8.64. The molecule has 2 aromatic rings. The fourth-order valence-electron chi connectivity index (χ4n) is 4.02. The van der Waals surface area contributed by atoms with Crippen molar-refractivity contribution >= 4 is 5.91 Å². The molecule has 6 nitrogen and oxygen atoms in total. The maximum absolute atomic E-state index is 12.9. The van der Waals surface area contributed by atoms with E-state index in [0.717, 1.165) is 24.2 Å². The Balaban J connectivity index is 1.55. The van der Waals surface area contributed by atoms with Crippen molar-refractivity contribution in [3.8, 4) is 5.69 Å². The SMILES string of the molecule is Cc1c(C(=O)N(C)C2CC3CCC(C2)N3)nnn1-c1ccccc1. The van der Waals surface area contributed by atoms with Crippen molar-refractivity contribution < 1.29 is 4.79 Å². The molecule has 1 amide bonds. The van der Waals surface area contributed by atoms with Gasteiger partial charge in [-0.05, 0) is 44.7 Å². The minimum atomic E-state index is -0.0269. The van der Waals surface area contributed by atoms with Crippen molar-refractivity contribution in [3.05, 3.63) is 41.7 Å². The highest BCUT2D eigenvalue weighted by Gasteiger charge is 2.37. The van der Waals surface area contributed by atoms with Crippen molar-refractivity contribution in [2.75, 3.05) is 7.05 Å². The predicted octanol–water partition coefficient (Wildman–Crippen LogP) is 1.93. The Morgan fingerprint density at radius 3 is 2.54 bits per heavy atom. The number of hydrogen-bond acceptors (Lipinski definition) is 4. The molecule has 2 aliphatic heterocycles. The molecule has 2 bridgehead atoms. The van der Waals surface area contributed by atoms with E-state index in [4.69, 9.17) is 0 Å². The third-order valence-corrected chi connectivity index (χ3v) is 5.41. The summed E-state index contributed by atoms with van der Waals surface area (Å²) in [6, 6.07) is 11.2. The van der Waals surface area contributed by atoms with Gasteiger partial charge in [-0.3, -0.25) is 4.79 Å². The molecule has 0 spiro atoms. The number of fused-ring (bicyclic) bond motifs is 2. The van der Waals surface area contributed by atoms with E-state index in [1.54, 1.807) is 4.68 Å². The Hall–Kier alpha value is -2.21. The van der Waals surface area contributed by atoms with E-state index in [9.17, 15) is 4.79 Å². The number of benzene rings is 1. The van der Waals surface area contributed by atoms with Gasteiger partial charge in [0, 0.05) is 25.2 Å². The summed E-state index contributed by atoms with van der Waals surface area (Å²) in [5.41, 5.74) is 2.16. The third kappa shape index (κ3) is 2.60. The van der Waals surface area contributed by atoms with Gasteiger partial charge in [0.05, 0.1) is 11.4 Å². The summed E-state index contributed by atoms with van der Waals surface area (Å²) in [4.78, 5) is 14.8. The number of hydrogen-bond donors (Lipinski definition) is 1. The van der Waals surface area contributed by atoms with E-state index in [2.05, 4.69) is 15.6 Å². The fraction of sp³-hybridized carbons (Fsp3) is 0.500. The highest BCUT2D eigenvalue weighted by atomic mass is 16.2. The number of carbonyl (C=O) groups is 1. The van der Waals surface area contributed by atoms with Gasteiger partial charge in [-0.15, -0.1) is 5.10 Å². The van der Waals surface area contributed by atoms with Crippen molar-refractivity contribution in [1.82, 2.24) is 25.2 Å². The Kier molecular flexibility index (Phi) is 3.84. The van der Waals surface area contributed by atoms with E-state index < -0.39 is 0 Å². The average Bonchev–Trinajstić information content (AvgIpc) is 3.16. The lowest BCUT2D eigenvalue weighted by molar-refractivity contribution is 0.0675. The third-order valence-electron chi connectivity index (χ3n) is 5.41. The van der Waals surface area contributed by atoms with E-state index in [-0.39, 0.29) is 11.9 Å². The summed E-state index contributed by atoms with van der Waals surface area (Å²) in [6.07, 6.45) is 4.52. The number of aromatic nitrogens is 3. The second-order valence-electron chi connectivity index (χ2n) is 6.95. The first-order valence-corrected chi connectivity index (χ1v) is 8.64. The van der Waals surface area contributed by atoms with Crippen LogP contribution in [0, 0.1) is 6.92 Å². The fourth-order valence-corrected chi connectivity index (χ4v) is 4.02. The van der Waals surface area contributed by atoms with Crippen molar-refractivity contribution in [3.63, 3.8) is 0 Å². The van der Waals surface area contributed by atoms with Gasteiger partial charge in [0.1, 0.15) is 0 Å². The maximum Gasteiger partial charge on any atom is 0.276 e. The van der Waals surface area contributed by atoms with Crippen molar-refractivity contribution in [2.24, 2.45) is 0 Å². The van der Waals surface area contributed by atoms with Crippen LogP contribution in [0.4, 0.5) is 0 Å². The average molecular weight is 325 g/mol. The van der Waals surface area contributed by atoms with E-state index in [1.807, 2.05) is 49.2 Å². The van der Waals surface area contributed by atoms with Gasteiger partial charge in [0.15, 0.2) is 5.69 Å². The first-order chi connectivity index (χ1) is 11.6. The van der Waals surface area contributed by atoms with Crippen LogP contribution in [0.1, 0.15) is 41.9 Å². The number of carbonyl (C=O) groups excluding carboxylic acids is 1. The van der Waals surface area contributed by atoms with Gasteiger partial charge >= 0.3 is 0 Å². The highest BCUT2D eigenvalue weighted by molar-refractivity contribution is 5.93. The standard InChI is InChI=1S/C18H23N5O/c1-12-17(20-21-23(12)15-6-4-3-5-7-15)18(24)22(2)16-10-13-8-9-14(11-16)19-13/h3-7,13-14,16,19H,8-11H2,1-2H3. The van der Waals surface area contributed by atoms with Crippen LogP contribution >= 0.6 is 0 Å².